The van der Waals surface area contributed by atoms with Gasteiger partial charge in [0.1, 0.15) is 5.82 Å². The number of nitrogens with zero attached hydrogens (tertiary/aromatic N) is 1. The number of rotatable bonds is 5. The van der Waals surface area contributed by atoms with Crippen LogP contribution in [0.25, 0.3) is 0 Å². The summed E-state index contributed by atoms with van der Waals surface area (Å²) in [7, 11) is 0. The molecular weight excluding hydrogens is 252 g/mol. The molecule has 1 heterocycles. The summed E-state index contributed by atoms with van der Waals surface area (Å²) in [5, 5.41) is 5.98. The van der Waals surface area contributed by atoms with Crippen LogP contribution in [0, 0.1) is 6.92 Å². The van der Waals surface area contributed by atoms with E-state index in [9.17, 15) is 4.79 Å². The number of nitrogen functional groups attached to an aromatic ring is 1. The minimum atomic E-state index is -0.0600. The number of amides is 1. The highest BCUT2D eigenvalue weighted by Crippen LogP contribution is 2.06. The predicted molar refractivity (Wildman–Crippen MR) is 80.7 cm³/mol. The highest BCUT2D eigenvalue weighted by atomic mass is 16.1. The number of carbonyl (C=O) groups excluding carboxylic acids is 1. The largest absolute Gasteiger partial charge is 0.397 e. The van der Waals surface area contributed by atoms with Crippen molar-refractivity contribution in [1.82, 2.24) is 10.3 Å². The van der Waals surface area contributed by atoms with Gasteiger partial charge in [-0.25, -0.2) is 4.98 Å². The second-order valence-corrected chi connectivity index (χ2v) is 4.47. The number of anilines is 2. The van der Waals surface area contributed by atoms with Crippen molar-refractivity contribution < 1.29 is 4.79 Å². The molecule has 0 atom stereocenters. The fraction of sp³-hybridized carbons (Fsp3) is 0.200. The van der Waals surface area contributed by atoms with Gasteiger partial charge >= 0.3 is 0 Å². The van der Waals surface area contributed by atoms with E-state index in [0.29, 0.717) is 24.3 Å². The van der Waals surface area contributed by atoms with Crippen molar-refractivity contribution >= 4 is 17.4 Å². The van der Waals surface area contributed by atoms with Crippen molar-refractivity contribution in [2.24, 2.45) is 0 Å². The van der Waals surface area contributed by atoms with Crippen LogP contribution in [0.4, 0.5) is 11.5 Å². The topological polar surface area (TPSA) is 80.0 Å². The molecule has 1 aromatic carbocycles. The minimum Gasteiger partial charge on any atom is -0.397 e. The average Bonchev–Trinajstić information content (AvgIpc) is 2.46. The third kappa shape index (κ3) is 3.71. The van der Waals surface area contributed by atoms with Gasteiger partial charge < -0.3 is 16.4 Å². The maximum absolute atomic E-state index is 12.0. The lowest BCUT2D eigenvalue weighted by atomic mass is 10.1. The van der Waals surface area contributed by atoms with Gasteiger partial charge in [0.25, 0.3) is 5.91 Å². The van der Waals surface area contributed by atoms with Gasteiger partial charge in [-0.2, -0.15) is 0 Å². The van der Waals surface area contributed by atoms with Gasteiger partial charge in [-0.3, -0.25) is 4.79 Å². The van der Waals surface area contributed by atoms with E-state index in [1.165, 1.54) is 0 Å². The fourth-order valence-corrected chi connectivity index (χ4v) is 1.80. The first-order valence-electron chi connectivity index (χ1n) is 6.46. The summed E-state index contributed by atoms with van der Waals surface area (Å²) in [6.45, 7) is 3.05. The Morgan fingerprint density at radius 3 is 2.70 bits per heavy atom. The van der Waals surface area contributed by atoms with Crippen molar-refractivity contribution in [3.8, 4) is 0 Å². The van der Waals surface area contributed by atoms with Gasteiger partial charge in [-0.05, 0) is 30.7 Å². The molecule has 0 aliphatic heterocycles. The standard InChI is InChI=1S/C15H18N4O/c1-11-4-2-3-5-13(11)15(20)18-9-8-17-14-7-6-12(16)10-19-14/h2-7,10H,8-9,16H2,1H3,(H,17,19)(H,18,20). The third-order valence-corrected chi connectivity index (χ3v) is 2.89. The number of pyridine rings is 1. The zero-order chi connectivity index (χ0) is 14.4. The molecule has 0 aliphatic rings. The molecule has 0 fully saturated rings. The predicted octanol–water partition coefficient (Wildman–Crippen LogP) is 1.81. The van der Waals surface area contributed by atoms with E-state index in [-0.39, 0.29) is 5.91 Å². The van der Waals surface area contributed by atoms with E-state index in [0.717, 1.165) is 11.4 Å². The smallest absolute Gasteiger partial charge is 0.251 e. The molecule has 20 heavy (non-hydrogen) atoms. The maximum atomic E-state index is 12.0. The SMILES string of the molecule is Cc1ccccc1C(=O)NCCNc1ccc(N)cn1. The summed E-state index contributed by atoms with van der Waals surface area (Å²) in [5.41, 5.74) is 7.86. The van der Waals surface area contributed by atoms with E-state index >= 15 is 0 Å². The molecule has 0 unspecified atom stereocenters. The van der Waals surface area contributed by atoms with Gasteiger partial charge in [0.2, 0.25) is 0 Å². The van der Waals surface area contributed by atoms with E-state index < -0.39 is 0 Å². The Morgan fingerprint density at radius 1 is 1.20 bits per heavy atom. The summed E-state index contributed by atoms with van der Waals surface area (Å²) in [5.74, 6) is 0.680. The summed E-state index contributed by atoms with van der Waals surface area (Å²) in [6, 6.07) is 11.1. The molecule has 1 amide bonds. The van der Waals surface area contributed by atoms with Gasteiger partial charge in [-0.15, -0.1) is 0 Å². The van der Waals surface area contributed by atoms with Crippen LogP contribution in [0.2, 0.25) is 0 Å². The molecule has 0 radical (unpaired) electrons. The Morgan fingerprint density at radius 2 is 2.00 bits per heavy atom. The number of hydrogen-bond acceptors (Lipinski definition) is 4. The Balaban J connectivity index is 1.77. The summed E-state index contributed by atoms with van der Waals surface area (Å²) < 4.78 is 0. The van der Waals surface area contributed by atoms with Gasteiger partial charge in [-0.1, -0.05) is 18.2 Å². The monoisotopic (exact) mass is 270 g/mol. The molecule has 2 aromatic rings. The molecule has 0 spiro atoms. The summed E-state index contributed by atoms with van der Waals surface area (Å²) in [4.78, 5) is 16.1. The molecule has 2 rings (SSSR count). The quantitative estimate of drug-likeness (QED) is 0.724. The molecule has 5 nitrogen and oxygen atoms in total. The van der Waals surface area contributed by atoms with Crippen LogP contribution >= 0.6 is 0 Å². The van der Waals surface area contributed by atoms with Crippen LogP contribution in [0.15, 0.2) is 42.6 Å². The van der Waals surface area contributed by atoms with E-state index in [1.807, 2.05) is 31.2 Å². The number of nitrogens with two attached hydrogens (primary N) is 1. The first-order valence-corrected chi connectivity index (χ1v) is 6.46. The molecule has 0 bridgehead atoms. The van der Waals surface area contributed by atoms with Crippen molar-refractivity contribution in [2.45, 2.75) is 6.92 Å². The second-order valence-electron chi connectivity index (χ2n) is 4.47. The van der Waals surface area contributed by atoms with E-state index in [2.05, 4.69) is 15.6 Å². The summed E-state index contributed by atoms with van der Waals surface area (Å²) in [6.07, 6.45) is 1.59. The van der Waals surface area contributed by atoms with Crippen molar-refractivity contribution in [1.29, 1.82) is 0 Å². The molecule has 104 valence electrons. The Bertz CT molecular complexity index is 581. The third-order valence-electron chi connectivity index (χ3n) is 2.89. The van der Waals surface area contributed by atoms with Crippen molar-refractivity contribution in [3.05, 3.63) is 53.7 Å². The number of nitrogens with one attached hydrogen (secondary N) is 2. The number of aryl methyl sites for hydroxylation is 1. The molecule has 5 heteroatoms. The molecule has 4 N–H and O–H groups in total. The van der Waals surface area contributed by atoms with Crippen LogP contribution in [0.1, 0.15) is 15.9 Å². The Labute approximate surface area is 118 Å². The van der Waals surface area contributed by atoms with Crippen molar-refractivity contribution in [3.63, 3.8) is 0 Å². The van der Waals surface area contributed by atoms with Crippen LogP contribution < -0.4 is 16.4 Å². The molecule has 0 saturated carbocycles. The second kappa shape index (κ2) is 6.56. The van der Waals surface area contributed by atoms with Gasteiger partial charge in [0.15, 0.2) is 0 Å². The number of benzene rings is 1. The first kappa shape index (κ1) is 13.9. The zero-order valence-electron chi connectivity index (χ0n) is 11.4. The number of hydrogen-bond donors (Lipinski definition) is 3. The maximum Gasteiger partial charge on any atom is 0.251 e. The molecule has 0 saturated heterocycles. The first-order chi connectivity index (χ1) is 9.66. The average molecular weight is 270 g/mol. The van der Waals surface area contributed by atoms with Crippen molar-refractivity contribution in [2.75, 3.05) is 24.1 Å². The van der Waals surface area contributed by atoms with Gasteiger partial charge in [0, 0.05) is 18.7 Å². The molecule has 1 aromatic heterocycles. The number of aromatic nitrogens is 1. The highest BCUT2D eigenvalue weighted by molar-refractivity contribution is 5.95. The lowest BCUT2D eigenvalue weighted by Crippen LogP contribution is -2.29. The van der Waals surface area contributed by atoms with Crippen LogP contribution in [-0.4, -0.2) is 24.0 Å². The normalized spacial score (nSPS) is 10.1. The van der Waals surface area contributed by atoms with Crippen LogP contribution in [-0.2, 0) is 0 Å². The Kier molecular flexibility index (Phi) is 4.55. The highest BCUT2D eigenvalue weighted by Gasteiger charge is 2.06. The fourth-order valence-electron chi connectivity index (χ4n) is 1.80. The molecule has 0 aliphatic carbocycles. The lowest BCUT2D eigenvalue weighted by molar-refractivity contribution is 0.0954. The zero-order valence-corrected chi connectivity index (χ0v) is 11.4. The lowest BCUT2D eigenvalue weighted by Gasteiger charge is -2.09. The minimum absolute atomic E-state index is 0.0600. The van der Waals surface area contributed by atoms with Gasteiger partial charge in [0.05, 0.1) is 11.9 Å². The van der Waals surface area contributed by atoms with E-state index in [1.54, 1.807) is 18.3 Å². The van der Waals surface area contributed by atoms with Crippen LogP contribution in [0.3, 0.4) is 0 Å². The number of carbonyl (C=O) groups is 1. The Hall–Kier alpha value is -2.56. The summed E-state index contributed by atoms with van der Waals surface area (Å²) >= 11 is 0. The van der Waals surface area contributed by atoms with Crippen LogP contribution in [0.5, 0.6) is 0 Å². The van der Waals surface area contributed by atoms with E-state index in [4.69, 9.17) is 5.73 Å². The molecular formula is C15H18N4O.